The molecule has 0 saturated carbocycles. The van der Waals surface area contributed by atoms with Crippen LogP contribution in [0.2, 0.25) is 0 Å². The number of rotatable bonds is 3. The van der Waals surface area contributed by atoms with E-state index in [1.165, 1.54) is 0 Å². The maximum Gasteiger partial charge on any atom is 0.270 e. The summed E-state index contributed by atoms with van der Waals surface area (Å²) in [6.07, 6.45) is 0. The zero-order chi connectivity index (χ0) is 15.6. The first-order valence-corrected chi connectivity index (χ1v) is 7.23. The van der Waals surface area contributed by atoms with Gasteiger partial charge in [0, 0.05) is 17.2 Å². The molecule has 0 amide bonds. The summed E-state index contributed by atoms with van der Waals surface area (Å²) in [5.41, 5.74) is 3.46. The van der Waals surface area contributed by atoms with E-state index in [0.29, 0.717) is 23.2 Å². The Bertz CT molecular complexity index is 942. The molecule has 0 unspecified atom stereocenters. The summed E-state index contributed by atoms with van der Waals surface area (Å²) in [5.74, 6) is 1.48. The summed E-state index contributed by atoms with van der Waals surface area (Å²) in [7, 11) is 0. The molecular formula is C18H13N3O2. The molecule has 4 rings (SSSR count). The van der Waals surface area contributed by atoms with Gasteiger partial charge in [-0.3, -0.25) is 0 Å². The molecule has 5 heteroatoms. The van der Waals surface area contributed by atoms with E-state index in [9.17, 15) is 0 Å². The van der Waals surface area contributed by atoms with Gasteiger partial charge in [0.15, 0.2) is 11.5 Å². The van der Waals surface area contributed by atoms with E-state index in [2.05, 4.69) is 15.4 Å². The quantitative estimate of drug-likeness (QED) is 0.562. The van der Waals surface area contributed by atoms with Crippen LogP contribution in [0.15, 0.2) is 69.6 Å². The largest absolute Gasteiger partial charge is 0.414 e. The number of nitrogens with zero attached hydrogens (tertiary/aromatic N) is 3. The number of benzene rings is 2. The van der Waals surface area contributed by atoms with Gasteiger partial charge in [0.2, 0.25) is 5.89 Å². The zero-order valence-electron chi connectivity index (χ0n) is 12.4. The van der Waals surface area contributed by atoms with E-state index >= 15 is 0 Å². The van der Waals surface area contributed by atoms with Gasteiger partial charge in [-0.1, -0.05) is 53.7 Å². The molecule has 2 heterocycles. The van der Waals surface area contributed by atoms with E-state index in [0.717, 1.165) is 16.7 Å². The molecule has 0 bridgehead atoms. The SMILES string of the molecule is Cc1ccccc1-c1nnc(-c2cc(-c3ccccc3)on2)o1. The normalized spacial score (nSPS) is 10.8. The summed E-state index contributed by atoms with van der Waals surface area (Å²) in [6.45, 7) is 2.00. The number of hydrogen-bond acceptors (Lipinski definition) is 5. The molecule has 23 heavy (non-hydrogen) atoms. The Morgan fingerprint density at radius 2 is 1.57 bits per heavy atom. The fourth-order valence-corrected chi connectivity index (χ4v) is 2.36. The predicted molar refractivity (Wildman–Crippen MR) is 85.4 cm³/mol. The van der Waals surface area contributed by atoms with Crippen LogP contribution in [-0.2, 0) is 0 Å². The maximum atomic E-state index is 5.74. The Morgan fingerprint density at radius 3 is 2.39 bits per heavy atom. The van der Waals surface area contributed by atoms with E-state index in [1.807, 2.05) is 61.5 Å². The summed E-state index contributed by atoms with van der Waals surface area (Å²) >= 11 is 0. The van der Waals surface area contributed by atoms with Crippen LogP contribution in [-0.4, -0.2) is 15.4 Å². The molecule has 4 aromatic rings. The molecular weight excluding hydrogens is 290 g/mol. The third kappa shape index (κ3) is 2.53. The second-order valence-electron chi connectivity index (χ2n) is 5.17. The van der Waals surface area contributed by atoms with Gasteiger partial charge in [0.25, 0.3) is 5.89 Å². The van der Waals surface area contributed by atoms with Crippen LogP contribution in [0.5, 0.6) is 0 Å². The molecule has 0 saturated heterocycles. The van der Waals surface area contributed by atoms with Crippen molar-refractivity contribution in [2.75, 3.05) is 0 Å². The van der Waals surface area contributed by atoms with Gasteiger partial charge in [-0.2, -0.15) is 0 Å². The second-order valence-corrected chi connectivity index (χ2v) is 5.17. The monoisotopic (exact) mass is 303 g/mol. The van der Waals surface area contributed by atoms with Crippen LogP contribution in [0.3, 0.4) is 0 Å². The molecule has 2 aromatic carbocycles. The van der Waals surface area contributed by atoms with Crippen LogP contribution in [0.4, 0.5) is 0 Å². The van der Waals surface area contributed by atoms with Crippen molar-refractivity contribution in [1.82, 2.24) is 15.4 Å². The van der Waals surface area contributed by atoms with Crippen LogP contribution in [0.25, 0.3) is 34.4 Å². The van der Waals surface area contributed by atoms with Gasteiger partial charge < -0.3 is 8.94 Å². The van der Waals surface area contributed by atoms with Gasteiger partial charge in [-0.25, -0.2) is 0 Å². The molecule has 0 radical (unpaired) electrons. The molecule has 5 nitrogen and oxygen atoms in total. The highest BCUT2D eigenvalue weighted by molar-refractivity contribution is 5.63. The van der Waals surface area contributed by atoms with E-state index in [-0.39, 0.29) is 0 Å². The Hall–Kier alpha value is -3.21. The van der Waals surface area contributed by atoms with Crippen molar-refractivity contribution >= 4 is 0 Å². The topological polar surface area (TPSA) is 65.0 Å². The van der Waals surface area contributed by atoms with Crippen LogP contribution in [0, 0.1) is 6.92 Å². The lowest BCUT2D eigenvalue weighted by atomic mass is 10.1. The molecule has 0 aliphatic rings. The Labute approximate surface area is 132 Å². The van der Waals surface area contributed by atoms with Crippen molar-refractivity contribution in [2.24, 2.45) is 0 Å². The Kier molecular flexibility index (Phi) is 3.24. The van der Waals surface area contributed by atoms with Crippen LogP contribution < -0.4 is 0 Å². The standard InChI is InChI=1S/C18H13N3O2/c1-12-7-5-6-10-14(12)17-19-20-18(22-17)15-11-16(23-21-15)13-8-3-2-4-9-13/h2-11H,1H3. The van der Waals surface area contributed by atoms with Crippen molar-refractivity contribution in [1.29, 1.82) is 0 Å². The first kappa shape index (κ1) is 13.5. The van der Waals surface area contributed by atoms with Crippen molar-refractivity contribution in [3.05, 3.63) is 66.2 Å². The Morgan fingerprint density at radius 1 is 0.826 bits per heavy atom. The first-order chi connectivity index (χ1) is 11.3. The molecule has 112 valence electrons. The highest BCUT2D eigenvalue weighted by Gasteiger charge is 2.16. The number of hydrogen-bond donors (Lipinski definition) is 0. The minimum Gasteiger partial charge on any atom is -0.414 e. The molecule has 0 atom stereocenters. The minimum absolute atomic E-state index is 0.342. The lowest BCUT2D eigenvalue weighted by molar-refractivity contribution is 0.431. The highest BCUT2D eigenvalue weighted by Crippen LogP contribution is 2.28. The second kappa shape index (κ2) is 5.53. The van der Waals surface area contributed by atoms with Crippen LogP contribution >= 0.6 is 0 Å². The summed E-state index contributed by atoms with van der Waals surface area (Å²) < 4.78 is 11.1. The average Bonchev–Trinajstić information content (AvgIpc) is 3.25. The average molecular weight is 303 g/mol. The zero-order valence-corrected chi connectivity index (χ0v) is 12.4. The molecule has 2 aromatic heterocycles. The van der Waals surface area contributed by atoms with Gasteiger partial charge in [0.1, 0.15) is 0 Å². The van der Waals surface area contributed by atoms with Crippen molar-refractivity contribution < 1.29 is 8.94 Å². The molecule has 0 aliphatic heterocycles. The van der Waals surface area contributed by atoms with Crippen LogP contribution in [0.1, 0.15) is 5.56 Å². The van der Waals surface area contributed by atoms with Crippen molar-refractivity contribution in [2.45, 2.75) is 6.92 Å². The van der Waals surface area contributed by atoms with Gasteiger partial charge in [-0.05, 0) is 18.6 Å². The molecule has 0 N–H and O–H groups in total. The third-order valence-corrected chi connectivity index (χ3v) is 3.59. The van der Waals surface area contributed by atoms with Gasteiger partial charge >= 0.3 is 0 Å². The third-order valence-electron chi connectivity index (χ3n) is 3.59. The van der Waals surface area contributed by atoms with E-state index in [4.69, 9.17) is 8.94 Å². The predicted octanol–water partition coefficient (Wildman–Crippen LogP) is 4.37. The van der Waals surface area contributed by atoms with Crippen molar-refractivity contribution in [3.63, 3.8) is 0 Å². The van der Waals surface area contributed by atoms with Gasteiger partial charge in [-0.15, -0.1) is 10.2 Å². The molecule has 0 aliphatic carbocycles. The summed E-state index contributed by atoms with van der Waals surface area (Å²) in [5, 5.41) is 12.2. The number of aromatic nitrogens is 3. The highest BCUT2D eigenvalue weighted by atomic mass is 16.5. The number of aryl methyl sites for hydroxylation is 1. The first-order valence-electron chi connectivity index (χ1n) is 7.23. The van der Waals surface area contributed by atoms with Crippen molar-refractivity contribution in [3.8, 4) is 34.4 Å². The fourth-order valence-electron chi connectivity index (χ4n) is 2.36. The Balaban J connectivity index is 1.68. The van der Waals surface area contributed by atoms with E-state index < -0.39 is 0 Å². The lowest BCUT2D eigenvalue weighted by Gasteiger charge is -1.98. The summed E-state index contributed by atoms with van der Waals surface area (Å²) in [6, 6.07) is 19.4. The lowest BCUT2D eigenvalue weighted by Crippen LogP contribution is -1.81. The molecule has 0 spiro atoms. The maximum absolute atomic E-state index is 5.74. The minimum atomic E-state index is 0.342. The van der Waals surface area contributed by atoms with E-state index in [1.54, 1.807) is 6.07 Å². The fraction of sp³-hybridized carbons (Fsp3) is 0.0556. The summed E-state index contributed by atoms with van der Waals surface area (Å²) in [4.78, 5) is 0. The smallest absolute Gasteiger partial charge is 0.270 e. The molecule has 0 fully saturated rings. The van der Waals surface area contributed by atoms with Gasteiger partial charge in [0.05, 0.1) is 0 Å².